The van der Waals surface area contributed by atoms with Crippen molar-refractivity contribution in [3.05, 3.63) is 59.7 Å². The number of nitrogens with one attached hydrogen (secondary N) is 2. The van der Waals surface area contributed by atoms with Crippen LogP contribution in [-0.2, 0) is 20.9 Å². The van der Waals surface area contributed by atoms with Gasteiger partial charge in [-0.05, 0) is 35.9 Å². The molecule has 0 atom stereocenters. The molecule has 1 saturated heterocycles. The topological polar surface area (TPSA) is 97.0 Å². The maximum atomic E-state index is 12.4. The molecule has 1 aliphatic heterocycles. The highest BCUT2D eigenvalue weighted by Gasteiger charge is 2.16. The Balaban J connectivity index is 1.53. The van der Waals surface area contributed by atoms with E-state index in [-0.39, 0.29) is 18.4 Å². The van der Waals surface area contributed by atoms with Crippen LogP contribution in [0.3, 0.4) is 0 Å². The monoisotopic (exact) mass is 397 g/mol. The van der Waals surface area contributed by atoms with Crippen LogP contribution in [0, 0.1) is 0 Å². The number of carbonyl (C=O) groups excluding carboxylic acids is 3. The van der Waals surface area contributed by atoms with E-state index in [1.54, 1.807) is 24.3 Å². The quantitative estimate of drug-likeness (QED) is 0.680. The molecule has 152 valence electrons. The van der Waals surface area contributed by atoms with Crippen LogP contribution in [0.1, 0.15) is 15.9 Å². The first-order valence-corrected chi connectivity index (χ1v) is 9.23. The molecule has 0 radical (unpaired) electrons. The van der Waals surface area contributed by atoms with Crippen LogP contribution >= 0.6 is 0 Å². The smallest absolute Gasteiger partial charge is 0.343 e. The number of anilines is 1. The van der Waals surface area contributed by atoms with E-state index in [0.717, 1.165) is 17.8 Å². The summed E-state index contributed by atoms with van der Waals surface area (Å²) >= 11 is 0. The number of hydrogen-bond acceptors (Lipinski definition) is 6. The van der Waals surface area contributed by atoms with E-state index in [1.165, 1.54) is 7.11 Å². The van der Waals surface area contributed by atoms with Crippen molar-refractivity contribution in [1.29, 1.82) is 0 Å². The number of methoxy groups -OCH3 is 1. The molecular formula is C21H23N3O5. The fraction of sp³-hybridized carbons (Fsp3) is 0.286. The van der Waals surface area contributed by atoms with E-state index in [9.17, 15) is 14.4 Å². The predicted octanol–water partition coefficient (Wildman–Crippen LogP) is 1.10. The molecular weight excluding hydrogens is 374 g/mol. The number of ether oxygens (including phenoxy) is 2. The second-order valence-corrected chi connectivity index (χ2v) is 6.51. The maximum Gasteiger partial charge on any atom is 0.343 e. The van der Waals surface area contributed by atoms with Gasteiger partial charge in [0.05, 0.1) is 13.7 Å². The molecule has 0 spiro atoms. The number of carbonyl (C=O) groups is 3. The van der Waals surface area contributed by atoms with Gasteiger partial charge in [-0.1, -0.05) is 18.2 Å². The zero-order chi connectivity index (χ0) is 20.6. The van der Waals surface area contributed by atoms with Crippen molar-refractivity contribution in [3.63, 3.8) is 0 Å². The molecule has 0 aromatic heterocycles. The van der Waals surface area contributed by atoms with Gasteiger partial charge in [0.1, 0.15) is 5.75 Å². The largest absolute Gasteiger partial charge is 0.482 e. The summed E-state index contributed by atoms with van der Waals surface area (Å²) in [7, 11) is 1.28. The van der Waals surface area contributed by atoms with Crippen LogP contribution in [0.4, 0.5) is 5.69 Å². The summed E-state index contributed by atoms with van der Waals surface area (Å²) in [6.07, 6.45) is 0. The second-order valence-electron chi connectivity index (χ2n) is 6.51. The van der Waals surface area contributed by atoms with Crippen molar-refractivity contribution in [2.75, 3.05) is 38.3 Å². The van der Waals surface area contributed by atoms with E-state index in [4.69, 9.17) is 4.74 Å². The van der Waals surface area contributed by atoms with Crippen molar-refractivity contribution in [2.24, 2.45) is 0 Å². The van der Waals surface area contributed by atoms with E-state index in [0.29, 0.717) is 30.9 Å². The number of hydrogen-bond donors (Lipinski definition) is 2. The van der Waals surface area contributed by atoms with Crippen molar-refractivity contribution >= 4 is 23.5 Å². The molecule has 29 heavy (non-hydrogen) atoms. The summed E-state index contributed by atoms with van der Waals surface area (Å²) in [4.78, 5) is 37.1. The van der Waals surface area contributed by atoms with Crippen LogP contribution in [0.2, 0.25) is 0 Å². The maximum absolute atomic E-state index is 12.4. The van der Waals surface area contributed by atoms with Gasteiger partial charge in [0, 0.05) is 30.9 Å². The van der Waals surface area contributed by atoms with E-state index in [2.05, 4.69) is 15.4 Å². The fourth-order valence-corrected chi connectivity index (χ4v) is 2.90. The minimum atomic E-state index is -0.492. The molecule has 0 bridgehead atoms. The second kappa shape index (κ2) is 9.59. The Morgan fingerprint density at radius 1 is 1.17 bits per heavy atom. The van der Waals surface area contributed by atoms with Crippen LogP contribution in [0.15, 0.2) is 48.5 Å². The Bertz CT molecular complexity index is 882. The van der Waals surface area contributed by atoms with Crippen LogP contribution in [0.5, 0.6) is 5.75 Å². The summed E-state index contributed by atoms with van der Waals surface area (Å²) in [6.45, 7) is 1.92. The first kappa shape index (κ1) is 20.2. The summed E-state index contributed by atoms with van der Waals surface area (Å²) in [5, 5.41) is 5.66. The zero-order valence-corrected chi connectivity index (χ0v) is 16.1. The van der Waals surface area contributed by atoms with E-state index in [1.807, 2.05) is 29.2 Å². The molecule has 0 aliphatic carbocycles. The van der Waals surface area contributed by atoms with Crippen LogP contribution < -0.4 is 20.3 Å². The average Bonchev–Trinajstić information content (AvgIpc) is 2.76. The Kier molecular flexibility index (Phi) is 6.67. The Labute approximate surface area is 168 Å². The molecule has 2 aromatic carbocycles. The Morgan fingerprint density at radius 2 is 1.97 bits per heavy atom. The standard InChI is InChI=1S/C21H23N3O5/c1-28-20(26)14-29-18-4-2-3-16(11-18)21(27)23-12-15-5-7-17(8-6-15)24-10-9-22-19(25)13-24/h2-8,11H,9-10,12-14H2,1H3,(H,22,25)(H,23,27). The molecule has 2 amide bonds. The third kappa shape index (κ3) is 5.71. The van der Waals surface area contributed by atoms with Gasteiger partial charge in [-0.3, -0.25) is 9.59 Å². The van der Waals surface area contributed by atoms with Gasteiger partial charge in [-0.2, -0.15) is 0 Å². The van der Waals surface area contributed by atoms with Crippen molar-refractivity contribution in [2.45, 2.75) is 6.54 Å². The number of esters is 1. The average molecular weight is 397 g/mol. The van der Waals surface area contributed by atoms with E-state index < -0.39 is 5.97 Å². The Hall–Kier alpha value is -3.55. The van der Waals surface area contributed by atoms with Gasteiger partial charge in [0.25, 0.3) is 5.91 Å². The molecule has 8 nitrogen and oxygen atoms in total. The lowest BCUT2D eigenvalue weighted by Gasteiger charge is -2.28. The predicted molar refractivity (Wildman–Crippen MR) is 107 cm³/mol. The van der Waals surface area contributed by atoms with Crippen molar-refractivity contribution < 1.29 is 23.9 Å². The van der Waals surface area contributed by atoms with Gasteiger partial charge in [-0.15, -0.1) is 0 Å². The summed E-state index contributed by atoms with van der Waals surface area (Å²) in [6, 6.07) is 14.3. The lowest BCUT2D eigenvalue weighted by Crippen LogP contribution is -2.47. The molecule has 0 unspecified atom stereocenters. The number of amides is 2. The molecule has 3 rings (SSSR count). The fourth-order valence-electron chi connectivity index (χ4n) is 2.90. The normalized spacial score (nSPS) is 13.4. The minimum Gasteiger partial charge on any atom is -0.482 e. The highest BCUT2D eigenvalue weighted by atomic mass is 16.6. The molecule has 0 saturated carbocycles. The van der Waals surface area contributed by atoms with Gasteiger partial charge in [0.2, 0.25) is 5.91 Å². The van der Waals surface area contributed by atoms with E-state index >= 15 is 0 Å². The lowest BCUT2D eigenvalue weighted by atomic mass is 10.1. The third-order valence-corrected chi connectivity index (χ3v) is 4.47. The highest BCUT2D eigenvalue weighted by Crippen LogP contribution is 2.17. The molecule has 2 N–H and O–H groups in total. The minimum absolute atomic E-state index is 0.0189. The van der Waals surface area contributed by atoms with Gasteiger partial charge in [0.15, 0.2) is 6.61 Å². The number of rotatable bonds is 7. The number of benzene rings is 2. The van der Waals surface area contributed by atoms with Crippen LogP contribution in [-0.4, -0.2) is 51.1 Å². The first-order chi connectivity index (χ1) is 14.0. The third-order valence-electron chi connectivity index (χ3n) is 4.47. The molecule has 1 aliphatic rings. The van der Waals surface area contributed by atoms with Gasteiger partial charge < -0.3 is 25.0 Å². The molecule has 2 aromatic rings. The summed E-state index contributed by atoms with van der Waals surface area (Å²) in [5.74, 6) is -0.304. The Morgan fingerprint density at radius 3 is 2.69 bits per heavy atom. The summed E-state index contributed by atoms with van der Waals surface area (Å²) < 4.78 is 9.83. The van der Waals surface area contributed by atoms with Crippen LogP contribution in [0.25, 0.3) is 0 Å². The summed E-state index contributed by atoms with van der Waals surface area (Å²) in [5.41, 5.74) is 2.36. The molecule has 1 fully saturated rings. The van der Waals surface area contributed by atoms with Crippen molar-refractivity contribution in [3.8, 4) is 5.75 Å². The lowest BCUT2D eigenvalue weighted by molar-refractivity contribution is -0.142. The number of nitrogens with zero attached hydrogens (tertiary/aromatic N) is 1. The highest BCUT2D eigenvalue weighted by molar-refractivity contribution is 5.94. The van der Waals surface area contributed by atoms with Crippen molar-refractivity contribution in [1.82, 2.24) is 10.6 Å². The zero-order valence-electron chi connectivity index (χ0n) is 16.1. The first-order valence-electron chi connectivity index (χ1n) is 9.23. The molecule has 1 heterocycles. The van der Waals surface area contributed by atoms with Gasteiger partial charge in [-0.25, -0.2) is 4.79 Å². The number of piperazine rings is 1. The van der Waals surface area contributed by atoms with Gasteiger partial charge >= 0.3 is 5.97 Å². The molecule has 8 heteroatoms. The SMILES string of the molecule is COC(=O)COc1cccc(C(=O)NCc2ccc(N3CCNC(=O)C3)cc2)c1.